The van der Waals surface area contributed by atoms with Gasteiger partial charge < -0.3 is 9.47 Å². The quantitative estimate of drug-likeness (QED) is 0.206. The van der Waals surface area contributed by atoms with Crippen LogP contribution in [0.25, 0.3) is 11.6 Å². The van der Waals surface area contributed by atoms with Crippen molar-refractivity contribution in [1.29, 1.82) is 5.26 Å². The summed E-state index contributed by atoms with van der Waals surface area (Å²) in [6.07, 6.45) is 1.88. The van der Waals surface area contributed by atoms with Crippen LogP contribution in [0.5, 0.6) is 11.5 Å². The SMILES string of the molecule is CCOc1ccc(CC(=O)Oc2cccc(/C=C(/C#N)c3cccc(Cl)c3)c2)cc1. The van der Waals surface area contributed by atoms with Gasteiger partial charge in [-0.25, -0.2) is 0 Å². The fourth-order valence-electron chi connectivity index (χ4n) is 2.88. The molecule has 0 saturated heterocycles. The number of hydrogen-bond donors (Lipinski definition) is 0. The van der Waals surface area contributed by atoms with E-state index in [-0.39, 0.29) is 12.4 Å². The topological polar surface area (TPSA) is 59.3 Å². The summed E-state index contributed by atoms with van der Waals surface area (Å²) in [5, 5.41) is 10.1. The van der Waals surface area contributed by atoms with E-state index < -0.39 is 0 Å². The maximum atomic E-state index is 12.3. The van der Waals surface area contributed by atoms with Crippen LogP contribution in [-0.2, 0) is 11.2 Å². The maximum Gasteiger partial charge on any atom is 0.315 e. The normalized spacial score (nSPS) is 10.9. The number of carbonyl (C=O) groups is 1. The van der Waals surface area contributed by atoms with Crippen LogP contribution in [0.3, 0.4) is 0 Å². The molecule has 0 aromatic heterocycles. The molecule has 0 heterocycles. The molecule has 0 spiro atoms. The summed E-state index contributed by atoms with van der Waals surface area (Å²) in [6.45, 7) is 2.51. The molecule has 0 fully saturated rings. The Labute approximate surface area is 180 Å². The van der Waals surface area contributed by atoms with Gasteiger partial charge in [-0.2, -0.15) is 5.26 Å². The smallest absolute Gasteiger partial charge is 0.315 e. The standard InChI is InChI=1S/C25H20ClNO3/c1-2-29-23-11-9-18(10-12-23)15-25(28)30-24-8-3-5-19(14-24)13-21(17-27)20-6-4-7-22(26)16-20/h3-14,16H,2,15H2,1H3/b21-13-. The first kappa shape index (κ1) is 21.2. The number of esters is 1. The van der Waals surface area contributed by atoms with Gasteiger partial charge in [0.2, 0.25) is 0 Å². The van der Waals surface area contributed by atoms with Crippen molar-refractivity contribution in [2.75, 3.05) is 6.61 Å². The molecule has 30 heavy (non-hydrogen) atoms. The van der Waals surface area contributed by atoms with Gasteiger partial charge in [-0.1, -0.05) is 48.0 Å². The number of allylic oxidation sites excluding steroid dienone is 1. The highest BCUT2D eigenvalue weighted by Gasteiger charge is 2.08. The van der Waals surface area contributed by atoms with Gasteiger partial charge in [0, 0.05) is 5.02 Å². The van der Waals surface area contributed by atoms with Crippen LogP contribution in [0.1, 0.15) is 23.6 Å². The summed E-state index contributed by atoms with van der Waals surface area (Å²) in [4.78, 5) is 12.3. The van der Waals surface area contributed by atoms with Gasteiger partial charge in [0.05, 0.1) is 24.7 Å². The Hall–Kier alpha value is -3.55. The van der Waals surface area contributed by atoms with Crippen molar-refractivity contribution in [3.8, 4) is 17.6 Å². The highest BCUT2D eigenvalue weighted by Crippen LogP contribution is 2.23. The molecule has 0 aliphatic rings. The molecule has 150 valence electrons. The lowest BCUT2D eigenvalue weighted by Crippen LogP contribution is -2.11. The molecule has 0 aliphatic carbocycles. The molecule has 0 radical (unpaired) electrons. The molecule has 0 N–H and O–H groups in total. The molecule has 0 unspecified atom stereocenters. The Kier molecular flexibility index (Phi) is 7.26. The number of benzene rings is 3. The van der Waals surface area contributed by atoms with Crippen LogP contribution in [0.4, 0.5) is 0 Å². The fraction of sp³-hybridized carbons (Fsp3) is 0.120. The van der Waals surface area contributed by atoms with Crippen molar-refractivity contribution in [2.24, 2.45) is 0 Å². The zero-order valence-electron chi connectivity index (χ0n) is 16.5. The lowest BCUT2D eigenvalue weighted by Gasteiger charge is -2.07. The lowest BCUT2D eigenvalue weighted by molar-refractivity contribution is -0.133. The Morgan fingerprint density at radius 2 is 1.80 bits per heavy atom. The predicted molar refractivity (Wildman–Crippen MR) is 118 cm³/mol. The minimum atomic E-state index is -0.365. The van der Waals surface area contributed by atoms with Gasteiger partial charge in [-0.15, -0.1) is 0 Å². The summed E-state index contributed by atoms with van der Waals surface area (Å²) >= 11 is 6.02. The van der Waals surface area contributed by atoms with Gasteiger partial charge in [-0.05, 0) is 66.1 Å². The molecule has 0 aliphatic heterocycles. The predicted octanol–water partition coefficient (Wildman–Crippen LogP) is 5.95. The second-order valence-electron chi connectivity index (χ2n) is 6.48. The number of nitrogens with zero attached hydrogens (tertiary/aromatic N) is 1. The summed E-state index contributed by atoms with van der Waals surface area (Å²) in [6, 6.07) is 23.7. The maximum absolute atomic E-state index is 12.3. The van der Waals surface area contributed by atoms with Crippen molar-refractivity contribution in [1.82, 2.24) is 0 Å². The zero-order chi connectivity index (χ0) is 21.3. The Morgan fingerprint density at radius 3 is 2.50 bits per heavy atom. The summed E-state index contributed by atoms with van der Waals surface area (Å²) in [5.41, 5.74) is 2.78. The van der Waals surface area contributed by atoms with E-state index in [1.807, 2.05) is 43.3 Å². The van der Waals surface area contributed by atoms with E-state index in [0.717, 1.165) is 22.4 Å². The van der Waals surface area contributed by atoms with Crippen molar-refractivity contribution in [2.45, 2.75) is 13.3 Å². The Morgan fingerprint density at radius 1 is 1.03 bits per heavy atom. The van der Waals surface area contributed by atoms with Crippen LogP contribution in [0, 0.1) is 11.3 Å². The molecule has 0 saturated carbocycles. The average Bonchev–Trinajstić information content (AvgIpc) is 2.74. The molecule has 3 aromatic carbocycles. The van der Waals surface area contributed by atoms with E-state index in [2.05, 4.69) is 6.07 Å². The number of nitriles is 1. The average molecular weight is 418 g/mol. The minimum Gasteiger partial charge on any atom is -0.494 e. The highest BCUT2D eigenvalue weighted by atomic mass is 35.5. The summed E-state index contributed by atoms with van der Waals surface area (Å²) < 4.78 is 10.9. The molecule has 5 heteroatoms. The van der Waals surface area contributed by atoms with Gasteiger partial charge >= 0.3 is 5.97 Å². The second-order valence-corrected chi connectivity index (χ2v) is 6.92. The first-order chi connectivity index (χ1) is 14.6. The van der Waals surface area contributed by atoms with Crippen molar-refractivity contribution in [3.63, 3.8) is 0 Å². The van der Waals surface area contributed by atoms with Crippen LogP contribution < -0.4 is 9.47 Å². The van der Waals surface area contributed by atoms with Crippen LogP contribution >= 0.6 is 11.6 Å². The fourth-order valence-corrected chi connectivity index (χ4v) is 3.07. The minimum absolute atomic E-state index is 0.151. The van der Waals surface area contributed by atoms with Gasteiger partial charge in [0.1, 0.15) is 11.5 Å². The first-order valence-electron chi connectivity index (χ1n) is 9.47. The molecule has 0 amide bonds. The Bertz CT molecular complexity index is 1100. The Balaban J connectivity index is 1.70. The lowest BCUT2D eigenvalue weighted by atomic mass is 10.0. The molecule has 0 atom stereocenters. The molecule has 4 nitrogen and oxygen atoms in total. The van der Waals surface area contributed by atoms with E-state index in [4.69, 9.17) is 21.1 Å². The van der Waals surface area contributed by atoms with E-state index in [1.54, 1.807) is 42.5 Å². The van der Waals surface area contributed by atoms with Crippen LogP contribution in [0.15, 0.2) is 72.8 Å². The third-order valence-corrected chi connectivity index (χ3v) is 4.47. The van der Waals surface area contributed by atoms with Crippen molar-refractivity contribution < 1.29 is 14.3 Å². The number of halogens is 1. The largest absolute Gasteiger partial charge is 0.494 e. The van der Waals surface area contributed by atoms with Crippen molar-refractivity contribution >= 4 is 29.2 Å². The van der Waals surface area contributed by atoms with Crippen LogP contribution in [-0.4, -0.2) is 12.6 Å². The number of hydrogen-bond acceptors (Lipinski definition) is 4. The molecular weight excluding hydrogens is 398 g/mol. The van der Waals surface area contributed by atoms with Crippen molar-refractivity contribution in [3.05, 3.63) is 94.5 Å². The van der Waals surface area contributed by atoms with E-state index in [9.17, 15) is 10.1 Å². The summed E-state index contributed by atoms with van der Waals surface area (Å²) in [5.74, 6) is 0.820. The monoisotopic (exact) mass is 417 g/mol. The molecule has 3 rings (SSSR count). The molecule has 3 aromatic rings. The van der Waals surface area contributed by atoms with E-state index in [0.29, 0.717) is 23.0 Å². The molecule has 0 bridgehead atoms. The van der Waals surface area contributed by atoms with Gasteiger partial charge in [0.25, 0.3) is 0 Å². The van der Waals surface area contributed by atoms with Gasteiger partial charge in [0.15, 0.2) is 0 Å². The van der Waals surface area contributed by atoms with Crippen LogP contribution in [0.2, 0.25) is 5.02 Å². The second kappa shape index (κ2) is 10.3. The zero-order valence-corrected chi connectivity index (χ0v) is 17.2. The number of ether oxygens (including phenoxy) is 2. The number of rotatable bonds is 7. The number of carbonyl (C=O) groups excluding carboxylic acids is 1. The first-order valence-corrected chi connectivity index (χ1v) is 9.85. The third-order valence-electron chi connectivity index (χ3n) is 4.24. The summed E-state index contributed by atoms with van der Waals surface area (Å²) in [7, 11) is 0. The third kappa shape index (κ3) is 5.97. The van der Waals surface area contributed by atoms with E-state index in [1.165, 1.54) is 0 Å². The van der Waals surface area contributed by atoms with Gasteiger partial charge in [-0.3, -0.25) is 4.79 Å². The highest BCUT2D eigenvalue weighted by molar-refractivity contribution is 6.30. The van der Waals surface area contributed by atoms with E-state index >= 15 is 0 Å². The molecular formula is C25H20ClNO3.